The number of aromatic nitrogens is 1. The van der Waals surface area contributed by atoms with Gasteiger partial charge in [-0.3, -0.25) is 14.6 Å². The van der Waals surface area contributed by atoms with Crippen molar-refractivity contribution < 1.29 is 14.0 Å². The van der Waals surface area contributed by atoms with Crippen LogP contribution in [0.5, 0.6) is 0 Å². The summed E-state index contributed by atoms with van der Waals surface area (Å²) in [5.41, 5.74) is 7.43. The molecular weight excluding hydrogens is 370 g/mol. The minimum atomic E-state index is -0.291. The first-order valence-corrected chi connectivity index (χ1v) is 10.1. The topological polar surface area (TPSA) is 99.5 Å². The van der Waals surface area contributed by atoms with Gasteiger partial charge in [-0.05, 0) is 56.0 Å². The van der Waals surface area contributed by atoms with Crippen LogP contribution in [0, 0.1) is 12.8 Å². The number of piperidine rings is 1. The molecule has 4 rings (SSSR count). The van der Waals surface area contributed by atoms with Crippen LogP contribution in [0.3, 0.4) is 0 Å². The van der Waals surface area contributed by atoms with E-state index in [0.717, 1.165) is 29.9 Å². The molecule has 29 heavy (non-hydrogen) atoms. The lowest BCUT2D eigenvalue weighted by Crippen LogP contribution is -2.51. The molecule has 0 bridgehead atoms. The summed E-state index contributed by atoms with van der Waals surface area (Å²) in [5.74, 6) is 1.40. The number of furan rings is 1. The molecule has 2 amide bonds. The Balaban J connectivity index is 1.29. The van der Waals surface area contributed by atoms with E-state index >= 15 is 0 Å². The quantitative estimate of drug-likeness (QED) is 0.706. The van der Waals surface area contributed by atoms with Crippen molar-refractivity contribution in [2.24, 2.45) is 5.92 Å². The summed E-state index contributed by atoms with van der Waals surface area (Å²) in [6.07, 6.45) is 5.81. The van der Waals surface area contributed by atoms with Crippen molar-refractivity contribution in [3.05, 3.63) is 53.7 Å². The van der Waals surface area contributed by atoms with Gasteiger partial charge in [-0.25, -0.2) is 10.9 Å². The van der Waals surface area contributed by atoms with Crippen LogP contribution >= 0.6 is 0 Å². The predicted octanol–water partition coefficient (Wildman–Crippen LogP) is 1.45. The van der Waals surface area contributed by atoms with Gasteiger partial charge in [-0.1, -0.05) is 0 Å². The molecule has 2 saturated heterocycles. The van der Waals surface area contributed by atoms with Gasteiger partial charge in [0.2, 0.25) is 11.8 Å². The normalized spacial score (nSPS) is 24.4. The number of rotatable bonds is 5. The molecule has 0 spiro atoms. The minimum Gasteiger partial charge on any atom is -0.465 e. The Bertz CT molecular complexity index is 853. The molecule has 0 aromatic carbocycles. The first kappa shape index (κ1) is 19.6. The summed E-state index contributed by atoms with van der Waals surface area (Å²) in [5, 5.41) is 2.94. The first-order chi connectivity index (χ1) is 14.1. The van der Waals surface area contributed by atoms with E-state index in [1.807, 2.05) is 36.1 Å². The van der Waals surface area contributed by atoms with Gasteiger partial charge in [0.1, 0.15) is 17.6 Å². The highest BCUT2D eigenvalue weighted by molar-refractivity contribution is 5.84. The number of nitrogens with one attached hydrogen (secondary N) is 3. The second-order valence-electron chi connectivity index (χ2n) is 7.76. The number of hydrogen-bond donors (Lipinski definition) is 3. The van der Waals surface area contributed by atoms with E-state index in [-0.39, 0.29) is 29.8 Å². The third kappa shape index (κ3) is 4.65. The van der Waals surface area contributed by atoms with E-state index in [4.69, 9.17) is 4.42 Å². The van der Waals surface area contributed by atoms with E-state index in [9.17, 15) is 9.59 Å². The highest BCUT2D eigenvalue weighted by Gasteiger charge is 2.36. The SMILES string of the molecule is Cc1ccc(CNC(=O)C2CCCN(C(=O)C3CC(c4ccncc4)NN3)C2)o1. The first-order valence-electron chi connectivity index (χ1n) is 10.1. The zero-order chi connectivity index (χ0) is 20.2. The number of carbonyl (C=O) groups is 2. The van der Waals surface area contributed by atoms with Crippen molar-refractivity contribution in [1.82, 2.24) is 26.1 Å². The van der Waals surface area contributed by atoms with Gasteiger partial charge < -0.3 is 14.6 Å². The maximum atomic E-state index is 13.0. The zero-order valence-corrected chi connectivity index (χ0v) is 16.6. The Morgan fingerprint density at radius 3 is 2.83 bits per heavy atom. The van der Waals surface area contributed by atoms with Crippen LogP contribution in [-0.4, -0.2) is 40.8 Å². The molecule has 3 N–H and O–H groups in total. The fraction of sp³-hybridized carbons (Fsp3) is 0.476. The Morgan fingerprint density at radius 1 is 1.24 bits per heavy atom. The number of amides is 2. The molecule has 0 saturated carbocycles. The van der Waals surface area contributed by atoms with Crippen LogP contribution in [0.4, 0.5) is 0 Å². The fourth-order valence-corrected chi connectivity index (χ4v) is 4.04. The van der Waals surface area contributed by atoms with Crippen molar-refractivity contribution in [2.75, 3.05) is 13.1 Å². The Kier molecular flexibility index (Phi) is 5.92. The summed E-state index contributed by atoms with van der Waals surface area (Å²) in [7, 11) is 0. The molecule has 3 unspecified atom stereocenters. The Morgan fingerprint density at radius 2 is 2.07 bits per heavy atom. The van der Waals surface area contributed by atoms with Gasteiger partial charge in [0.15, 0.2) is 0 Å². The van der Waals surface area contributed by atoms with Crippen molar-refractivity contribution in [3.8, 4) is 0 Å². The van der Waals surface area contributed by atoms with Gasteiger partial charge in [-0.2, -0.15) is 0 Å². The third-order valence-corrected chi connectivity index (χ3v) is 5.65. The molecular formula is C21H27N5O3. The lowest BCUT2D eigenvalue weighted by molar-refractivity contribution is -0.137. The molecule has 2 fully saturated rings. The molecule has 2 aliphatic heterocycles. The van der Waals surface area contributed by atoms with Crippen LogP contribution in [0.2, 0.25) is 0 Å². The fourth-order valence-electron chi connectivity index (χ4n) is 4.04. The van der Waals surface area contributed by atoms with Crippen molar-refractivity contribution in [2.45, 2.75) is 44.8 Å². The molecule has 0 radical (unpaired) electrons. The number of carbonyl (C=O) groups excluding carboxylic acids is 2. The molecule has 8 heteroatoms. The maximum absolute atomic E-state index is 13.0. The molecule has 2 aromatic heterocycles. The summed E-state index contributed by atoms with van der Waals surface area (Å²) in [6, 6.07) is 7.44. The molecule has 4 heterocycles. The third-order valence-electron chi connectivity index (χ3n) is 5.65. The number of aryl methyl sites for hydroxylation is 1. The molecule has 2 aromatic rings. The molecule has 0 aliphatic carbocycles. The van der Waals surface area contributed by atoms with Crippen molar-refractivity contribution >= 4 is 11.8 Å². The van der Waals surface area contributed by atoms with Gasteiger partial charge in [-0.15, -0.1) is 0 Å². The standard InChI is InChI=1S/C21H27N5O3/c1-14-4-5-17(29-14)12-23-20(27)16-3-2-10-26(13-16)21(28)19-11-18(24-25-19)15-6-8-22-9-7-15/h4-9,16,18-19,24-25H,2-3,10-13H2,1H3,(H,23,27). The number of hydrazine groups is 1. The second-order valence-corrected chi connectivity index (χ2v) is 7.76. The van der Waals surface area contributed by atoms with E-state index < -0.39 is 0 Å². The second kappa shape index (κ2) is 8.75. The maximum Gasteiger partial charge on any atom is 0.241 e. The monoisotopic (exact) mass is 397 g/mol. The van der Waals surface area contributed by atoms with Crippen molar-refractivity contribution in [3.63, 3.8) is 0 Å². The van der Waals surface area contributed by atoms with E-state index in [1.54, 1.807) is 12.4 Å². The average molecular weight is 397 g/mol. The lowest BCUT2D eigenvalue weighted by atomic mass is 9.95. The Hall–Kier alpha value is -2.71. The summed E-state index contributed by atoms with van der Waals surface area (Å²) in [4.78, 5) is 31.4. The number of nitrogens with zero attached hydrogens (tertiary/aromatic N) is 2. The zero-order valence-electron chi connectivity index (χ0n) is 16.6. The molecule has 2 aliphatic rings. The molecule has 3 atom stereocenters. The van der Waals surface area contributed by atoms with Gasteiger partial charge >= 0.3 is 0 Å². The van der Waals surface area contributed by atoms with Gasteiger partial charge in [0.25, 0.3) is 0 Å². The van der Waals surface area contributed by atoms with Crippen LogP contribution in [0.1, 0.15) is 42.4 Å². The number of likely N-dealkylation sites (tertiary alicyclic amines) is 1. The highest BCUT2D eigenvalue weighted by atomic mass is 16.3. The van der Waals surface area contributed by atoms with Crippen molar-refractivity contribution in [1.29, 1.82) is 0 Å². The highest BCUT2D eigenvalue weighted by Crippen LogP contribution is 2.24. The van der Waals surface area contributed by atoms with E-state index in [2.05, 4.69) is 21.2 Å². The summed E-state index contributed by atoms with van der Waals surface area (Å²) in [6.45, 7) is 3.40. The predicted molar refractivity (Wildman–Crippen MR) is 106 cm³/mol. The van der Waals surface area contributed by atoms with Crippen LogP contribution in [0.25, 0.3) is 0 Å². The van der Waals surface area contributed by atoms with Gasteiger partial charge in [0, 0.05) is 31.5 Å². The summed E-state index contributed by atoms with van der Waals surface area (Å²) < 4.78 is 5.50. The average Bonchev–Trinajstić information content (AvgIpc) is 3.41. The Labute approximate surface area is 170 Å². The minimum absolute atomic E-state index is 0.0243. The van der Waals surface area contributed by atoms with E-state index in [0.29, 0.717) is 26.1 Å². The van der Waals surface area contributed by atoms with Crippen LogP contribution in [0.15, 0.2) is 41.1 Å². The summed E-state index contributed by atoms with van der Waals surface area (Å²) >= 11 is 0. The molecule has 8 nitrogen and oxygen atoms in total. The lowest BCUT2D eigenvalue weighted by Gasteiger charge is -2.33. The van der Waals surface area contributed by atoms with E-state index in [1.165, 1.54) is 0 Å². The van der Waals surface area contributed by atoms with Crippen LogP contribution < -0.4 is 16.2 Å². The largest absolute Gasteiger partial charge is 0.465 e. The molecule has 154 valence electrons. The number of hydrogen-bond acceptors (Lipinski definition) is 6. The van der Waals surface area contributed by atoms with Crippen LogP contribution in [-0.2, 0) is 16.1 Å². The number of pyridine rings is 1. The smallest absolute Gasteiger partial charge is 0.241 e. The van der Waals surface area contributed by atoms with Gasteiger partial charge in [0.05, 0.1) is 12.5 Å².